The summed E-state index contributed by atoms with van der Waals surface area (Å²) in [5, 5.41) is 0. The third kappa shape index (κ3) is 5.44. The Bertz CT molecular complexity index is 823. The molecular weight excluding hydrogens is 348 g/mol. The molecule has 0 bridgehead atoms. The van der Waals surface area contributed by atoms with Gasteiger partial charge in [-0.1, -0.05) is 72.8 Å². The van der Waals surface area contributed by atoms with Crippen LogP contribution in [0.4, 0.5) is 5.69 Å². The first-order chi connectivity index (χ1) is 13.7. The summed E-state index contributed by atoms with van der Waals surface area (Å²) < 4.78 is 5.16. The minimum absolute atomic E-state index is 0.233. The van der Waals surface area contributed by atoms with Crippen LogP contribution in [-0.2, 0) is 29.0 Å². The molecule has 3 aromatic rings. The van der Waals surface area contributed by atoms with Crippen LogP contribution in [-0.4, -0.2) is 24.0 Å². The van der Waals surface area contributed by atoms with Gasteiger partial charge in [-0.2, -0.15) is 0 Å². The summed E-state index contributed by atoms with van der Waals surface area (Å²) in [5.74, 6) is -0.233. The maximum atomic E-state index is 12.7. The van der Waals surface area contributed by atoms with E-state index < -0.39 is 6.04 Å². The molecule has 0 aliphatic heterocycles. The van der Waals surface area contributed by atoms with Gasteiger partial charge in [-0.3, -0.25) is 9.69 Å². The molecule has 0 fully saturated rings. The van der Waals surface area contributed by atoms with Gasteiger partial charge in [0, 0.05) is 18.8 Å². The van der Waals surface area contributed by atoms with E-state index in [-0.39, 0.29) is 5.97 Å². The van der Waals surface area contributed by atoms with Crippen molar-refractivity contribution in [1.82, 2.24) is 4.90 Å². The van der Waals surface area contributed by atoms with Gasteiger partial charge in [-0.05, 0) is 35.2 Å². The van der Waals surface area contributed by atoms with Crippen LogP contribution in [0.25, 0.3) is 0 Å². The summed E-state index contributed by atoms with van der Waals surface area (Å²) in [7, 11) is 1.45. The fourth-order valence-electron chi connectivity index (χ4n) is 3.29. The summed E-state index contributed by atoms with van der Waals surface area (Å²) in [4.78, 5) is 14.9. The largest absolute Gasteiger partial charge is 0.468 e. The highest BCUT2D eigenvalue weighted by Crippen LogP contribution is 2.19. The van der Waals surface area contributed by atoms with Crippen molar-refractivity contribution in [3.63, 3.8) is 0 Å². The third-order valence-corrected chi connectivity index (χ3v) is 4.78. The van der Waals surface area contributed by atoms with Crippen molar-refractivity contribution < 1.29 is 9.53 Å². The molecule has 0 heterocycles. The molecule has 0 aliphatic carbocycles. The van der Waals surface area contributed by atoms with Crippen molar-refractivity contribution in [1.29, 1.82) is 0 Å². The molecule has 0 saturated heterocycles. The van der Waals surface area contributed by atoms with E-state index in [2.05, 4.69) is 29.2 Å². The van der Waals surface area contributed by atoms with E-state index in [9.17, 15) is 4.79 Å². The Morgan fingerprint density at radius 3 is 1.79 bits per heavy atom. The van der Waals surface area contributed by atoms with Crippen LogP contribution in [0.3, 0.4) is 0 Å². The number of carbonyl (C=O) groups excluding carboxylic acids is 1. The lowest BCUT2D eigenvalue weighted by molar-refractivity contribution is -0.147. The molecule has 144 valence electrons. The molecule has 1 atom stereocenters. The minimum atomic E-state index is -0.394. The molecule has 0 amide bonds. The Morgan fingerprint density at radius 2 is 1.32 bits per heavy atom. The zero-order valence-corrected chi connectivity index (χ0v) is 16.1. The van der Waals surface area contributed by atoms with Crippen molar-refractivity contribution in [3.05, 3.63) is 102 Å². The monoisotopic (exact) mass is 374 g/mol. The lowest BCUT2D eigenvalue weighted by Gasteiger charge is -2.30. The van der Waals surface area contributed by atoms with Gasteiger partial charge in [0.05, 0.1) is 7.11 Å². The lowest BCUT2D eigenvalue weighted by Crippen LogP contribution is -2.42. The van der Waals surface area contributed by atoms with E-state index in [1.807, 2.05) is 60.7 Å². The molecule has 0 radical (unpaired) electrons. The Hall–Kier alpha value is -3.11. The summed E-state index contributed by atoms with van der Waals surface area (Å²) in [5.41, 5.74) is 9.88. The van der Waals surface area contributed by atoms with Gasteiger partial charge < -0.3 is 10.5 Å². The van der Waals surface area contributed by atoms with Crippen molar-refractivity contribution >= 4 is 11.7 Å². The molecule has 0 aromatic heterocycles. The first kappa shape index (κ1) is 19.6. The third-order valence-electron chi connectivity index (χ3n) is 4.78. The Labute approximate surface area is 166 Å². The molecule has 3 aromatic carbocycles. The number of hydrogen-bond donors (Lipinski definition) is 1. The van der Waals surface area contributed by atoms with Gasteiger partial charge in [0.25, 0.3) is 0 Å². The normalized spacial score (nSPS) is 11.9. The van der Waals surface area contributed by atoms with E-state index in [4.69, 9.17) is 10.5 Å². The number of ether oxygens (including phenoxy) is 1. The Morgan fingerprint density at radius 1 is 0.821 bits per heavy atom. The summed E-state index contributed by atoms with van der Waals surface area (Å²) >= 11 is 0. The minimum Gasteiger partial charge on any atom is -0.468 e. The number of esters is 1. The quantitative estimate of drug-likeness (QED) is 0.477. The summed E-state index contributed by atoms with van der Waals surface area (Å²) in [6.45, 7) is 1.31. The van der Waals surface area contributed by atoms with Gasteiger partial charge in [0.15, 0.2) is 0 Å². The second-order valence-corrected chi connectivity index (χ2v) is 6.86. The van der Waals surface area contributed by atoms with Crippen LogP contribution in [0.1, 0.15) is 16.7 Å². The van der Waals surface area contributed by atoms with Crippen LogP contribution in [0.2, 0.25) is 0 Å². The standard InChI is InChI=1S/C24H26N2O2/c1-28-24(27)23(16-19-12-14-22(25)15-13-19)26(17-20-8-4-2-5-9-20)18-21-10-6-3-7-11-21/h2-15,23H,16-18,25H2,1H3. The number of hydrogen-bond acceptors (Lipinski definition) is 4. The number of nitrogen functional groups attached to an aromatic ring is 1. The summed E-state index contributed by atoms with van der Waals surface area (Å²) in [6.07, 6.45) is 0.562. The van der Waals surface area contributed by atoms with Crippen LogP contribution in [0.15, 0.2) is 84.9 Å². The maximum Gasteiger partial charge on any atom is 0.323 e. The average Bonchev–Trinajstić information content (AvgIpc) is 2.74. The molecule has 0 aliphatic rings. The first-order valence-corrected chi connectivity index (χ1v) is 9.40. The molecule has 2 N–H and O–H groups in total. The molecule has 3 rings (SSSR count). The zero-order chi connectivity index (χ0) is 19.8. The number of carbonyl (C=O) groups is 1. The average molecular weight is 374 g/mol. The van der Waals surface area contributed by atoms with Gasteiger partial charge in [-0.25, -0.2) is 0 Å². The van der Waals surface area contributed by atoms with Crippen LogP contribution >= 0.6 is 0 Å². The SMILES string of the molecule is COC(=O)C(Cc1ccc(N)cc1)N(Cc1ccccc1)Cc1ccccc1. The lowest BCUT2D eigenvalue weighted by atomic mass is 10.0. The highest BCUT2D eigenvalue weighted by molar-refractivity contribution is 5.76. The zero-order valence-electron chi connectivity index (χ0n) is 16.1. The number of nitrogens with zero attached hydrogens (tertiary/aromatic N) is 1. The highest BCUT2D eigenvalue weighted by Gasteiger charge is 2.27. The van der Waals surface area contributed by atoms with Crippen molar-refractivity contribution in [2.45, 2.75) is 25.6 Å². The molecule has 1 unspecified atom stereocenters. The number of anilines is 1. The van der Waals surface area contributed by atoms with Gasteiger partial charge in [-0.15, -0.1) is 0 Å². The van der Waals surface area contributed by atoms with E-state index in [0.29, 0.717) is 25.2 Å². The predicted octanol–water partition coefficient (Wildman–Crippen LogP) is 4.06. The summed E-state index contributed by atoms with van der Waals surface area (Å²) in [6, 6.07) is 27.6. The van der Waals surface area contributed by atoms with Crippen LogP contribution in [0.5, 0.6) is 0 Å². The molecule has 0 saturated carbocycles. The van der Waals surface area contributed by atoms with Gasteiger partial charge in [0.1, 0.15) is 6.04 Å². The molecule has 4 nitrogen and oxygen atoms in total. The van der Waals surface area contributed by atoms with E-state index >= 15 is 0 Å². The molecule has 4 heteroatoms. The van der Waals surface area contributed by atoms with E-state index in [1.54, 1.807) is 0 Å². The maximum absolute atomic E-state index is 12.7. The second kappa shape index (κ2) is 9.72. The smallest absolute Gasteiger partial charge is 0.323 e. The number of nitrogens with two attached hydrogens (primary N) is 1. The van der Waals surface area contributed by atoms with E-state index in [1.165, 1.54) is 7.11 Å². The highest BCUT2D eigenvalue weighted by atomic mass is 16.5. The first-order valence-electron chi connectivity index (χ1n) is 9.40. The van der Waals surface area contributed by atoms with Gasteiger partial charge >= 0.3 is 5.97 Å². The molecular formula is C24H26N2O2. The van der Waals surface area contributed by atoms with Crippen molar-refractivity contribution in [2.75, 3.05) is 12.8 Å². The predicted molar refractivity (Wildman–Crippen MR) is 112 cm³/mol. The van der Waals surface area contributed by atoms with Gasteiger partial charge in [0.2, 0.25) is 0 Å². The molecule has 28 heavy (non-hydrogen) atoms. The Balaban J connectivity index is 1.89. The topological polar surface area (TPSA) is 55.6 Å². The number of rotatable bonds is 8. The fourth-order valence-corrected chi connectivity index (χ4v) is 3.29. The fraction of sp³-hybridized carbons (Fsp3) is 0.208. The van der Waals surface area contributed by atoms with E-state index in [0.717, 1.165) is 16.7 Å². The van der Waals surface area contributed by atoms with Crippen molar-refractivity contribution in [3.8, 4) is 0 Å². The van der Waals surface area contributed by atoms with Crippen LogP contribution < -0.4 is 5.73 Å². The number of benzene rings is 3. The number of methoxy groups -OCH3 is 1. The second-order valence-electron chi connectivity index (χ2n) is 6.86. The molecule has 0 spiro atoms. The van der Waals surface area contributed by atoms with Crippen molar-refractivity contribution in [2.24, 2.45) is 0 Å². The van der Waals surface area contributed by atoms with Crippen LogP contribution in [0, 0.1) is 0 Å². The Kier molecular flexibility index (Phi) is 6.82.